The van der Waals surface area contributed by atoms with Crippen LogP contribution in [0.15, 0.2) is 373 Å². The highest BCUT2D eigenvalue weighted by Gasteiger charge is 2.23. The fourth-order valence-corrected chi connectivity index (χ4v) is 17.5. The number of para-hydroxylation sites is 4. The van der Waals surface area contributed by atoms with Gasteiger partial charge in [0.15, 0.2) is 0 Å². The summed E-state index contributed by atoms with van der Waals surface area (Å²) in [6.07, 6.45) is 0. The molecule has 6 nitrogen and oxygen atoms in total. The summed E-state index contributed by atoms with van der Waals surface area (Å²) < 4.78 is 22.5. The predicted molar refractivity (Wildman–Crippen MR) is 446 cm³/mol. The number of nitrogens with zero attached hydrogens (tertiary/aromatic N) is 4. The van der Waals surface area contributed by atoms with Crippen LogP contribution in [0, 0.1) is 0 Å². The van der Waals surface area contributed by atoms with Crippen molar-refractivity contribution in [2.24, 2.45) is 0 Å². The number of hydrogen-bond acceptors (Lipinski definition) is 2. The second-order valence-electron chi connectivity index (χ2n) is 28.4. The Hall–Kier alpha value is -14.2. The van der Waals surface area contributed by atoms with Crippen LogP contribution in [0.1, 0.15) is 0 Å². The van der Waals surface area contributed by atoms with Gasteiger partial charge >= 0.3 is 0 Å². The number of benzene rings is 18. The summed E-state index contributed by atoms with van der Waals surface area (Å²) in [6, 6.07) is 132. The maximum absolute atomic E-state index is 6.44. The summed E-state index contributed by atoms with van der Waals surface area (Å²) in [5, 5.41) is 24.2. The molecule has 6 heteroatoms. The lowest BCUT2D eigenvalue weighted by atomic mass is 10.00. The quantitative estimate of drug-likeness (QED) is 0.167. The van der Waals surface area contributed by atoms with Gasteiger partial charge in [-0.15, -0.1) is 0 Å². The van der Waals surface area contributed by atoms with Crippen LogP contribution >= 0.6 is 0 Å². The number of fused-ring (bicyclic) bond motifs is 22. The summed E-state index contributed by atoms with van der Waals surface area (Å²) in [4.78, 5) is 0. The van der Waals surface area contributed by atoms with Gasteiger partial charge in [-0.2, -0.15) is 0 Å². The Labute approximate surface area is 606 Å². The summed E-state index contributed by atoms with van der Waals surface area (Å²) in [5.74, 6) is 0. The van der Waals surface area contributed by atoms with Crippen molar-refractivity contribution < 1.29 is 8.83 Å². The lowest BCUT2D eigenvalue weighted by Gasteiger charge is -2.11. The van der Waals surface area contributed by atoms with E-state index in [-0.39, 0.29) is 0 Å². The number of furan rings is 2. The van der Waals surface area contributed by atoms with E-state index in [1.165, 1.54) is 158 Å². The molecule has 18 aromatic carbocycles. The lowest BCUT2D eigenvalue weighted by Crippen LogP contribution is -1.94. The molecule has 0 fully saturated rings. The minimum Gasteiger partial charge on any atom is -0.456 e. The topological polar surface area (TPSA) is 46.0 Å². The zero-order valence-electron chi connectivity index (χ0n) is 57.2. The van der Waals surface area contributed by atoms with E-state index in [2.05, 4.69) is 370 Å². The molecule has 492 valence electrons. The minimum atomic E-state index is 0.900. The van der Waals surface area contributed by atoms with Crippen LogP contribution in [0.5, 0.6) is 0 Å². The Morgan fingerprint density at radius 1 is 0.142 bits per heavy atom. The van der Waals surface area contributed by atoms with E-state index in [4.69, 9.17) is 8.83 Å². The van der Waals surface area contributed by atoms with Crippen molar-refractivity contribution >= 4 is 174 Å². The first-order valence-corrected chi connectivity index (χ1v) is 36.3. The molecule has 0 saturated carbocycles. The highest BCUT2D eigenvalue weighted by atomic mass is 16.3. The highest BCUT2D eigenvalue weighted by Crippen LogP contribution is 2.45. The van der Waals surface area contributed by atoms with Crippen LogP contribution < -0.4 is 0 Å². The van der Waals surface area contributed by atoms with Crippen LogP contribution in [0.4, 0.5) is 0 Å². The Bertz CT molecular complexity index is 7850. The maximum atomic E-state index is 6.44. The van der Waals surface area contributed by atoms with Crippen molar-refractivity contribution in [3.05, 3.63) is 364 Å². The van der Waals surface area contributed by atoms with Crippen molar-refractivity contribution in [2.75, 3.05) is 0 Å². The monoisotopic (exact) mass is 1350 g/mol. The van der Waals surface area contributed by atoms with E-state index in [9.17, 15) is 0 Å². The van der Waals surface area contributed by atoms with E-state index >= 15 is 0 Å². The van der Waals surface area contributed by atoms with Gasteiger partial charge < -0.3 is 27.1 Å². The average molecular weight is 1350 g/mol. The molecule has 6 aromatic heterocycles. The third-order valence-corrected chi connectivity index (χ3v) is 22.5. The molecular formula is C100H60N4O2. The molecule has 0 bridgehead atoms. The third-order valence-electron chi connectivity index (χ3n) is 22.5. The first-order valence-electron chi connectivity index (χ1n) is 36.3. The molecule has 24 rings (SSSR count). The van der Waals surface area contributed by atoms with Gasteiger partial charge in [0.2, 0.25) is 0 Å². The maximum Gasteiger partial charge on any atom is 0.137 e. The Kier molecular flexibility index (Phi) is 12.5. The van der Waals surface area contributed by atoms with Crippen molar-refractivity contribution in [1.82, 2.24) is 18.3 Å². The molecule has 24 aromatic rings. The van der Waals surface area contributed by atoms with Crippen LogP contribution in [-0.2, 0) is 0 Å². The first kappa shape index (κ1) is 58.4. The van der Waals surface area contributed by atoms with E-state index in [0.717, 1.165) is 60.8 Å². The Balaban J connectivity index is 0.000000129. The zero-order valence-corrected chi connectivity index (χ0v) is 57.2. The van der Waals surface area contributed by atoms with Gasteiger partial charge in [0.05, 0.1) is 44.1 Å². The summed E-state index contributed by atoms with van der Waals surface area (Å²) in [7, 11) is 0. The fraction of sp³-hybridized carbons (Fsp3) is 0. The molecule has 0 aliphatic rings. The molecule has 0 N–H and O–H groups in total. The average Bonchev–Trinajstić information content (AvgIpc) is 1.57. The highest BCUT2D eigenvalue weighted by molar-refractivity contribution is 6.21. The number of hydrogen-bond donors (Lipinski definition) is 0. The van der Waals surface area contributed by atoms with Gasteiger partial charge in [-0.3, -0.25) is 0 Å². The van der Waals surface area contributed by atoms with Crippen LogP contribution in [0.25, 0.3) is 219 Å². The molecule has 0 unspecified atom stereocenters. The van der Waals surface area contributed by atoms with E-state index in [1.54, 1.807) is 0 Å². The standard InChI is InChI=1S/2C50H30N2O/c1-3-11-33-25-37(21-17-31(33)9-1)51-45-15-7-5-13-39(45)41-27-35(19-23-46(41)51)36-20-24-47-42(28-36)43-30-50-44(40-14-6-8-16-49(40)53-50)29-48(43)52(47)38-22-18-32-10-2-4-12-34(32)26-38;1-3-11-33-25-37(21-17-31(33)9-1)51-45-15-7-5-13-39(45)41-27-35(19-23-46(41)51)36-20-24-47-42(28-36)43-29-44-40-14-6-8-16-49(40)53-50(44)30-48(43)52(47)38-22-18-32-10-2-4-12-34(32)26-38/h2*1-30H. The Morgan fingerprint density at radius 3 is 0.811 bits per heavy atom. The Morgan fingerprint density at radius 2 is 0.415 bits per heavy atom. The number of rotatable bonds is 6. The van der Waals surface area contributed by atoms with Gasteiger partial charge in [0, 0.05) is 93.5 Å². The van der Waals surface area contributed by atoms with Crippen molar-refractivity contribution in [3.63, 3.8) is 0 Å². The van der Waals surface area contributed by atoms with E-state index in [0.29, 0.717) is 0 Å². The normalized spacial score (nSPS) is 12.2. The molecule has 0 aliphatic carbocycles. The molecule has 106 heavy (non-hydrogen) atoms. The van der Waals surface area contributed by atoms with Crippen molar-refractivity contribution in [1.29, 1.82) is 0 Å². The molecule has 0 atom stereocenters. The smallest absolute Gasteiger partial charge is 0.137 e. The second kappa shape index (κ2) is 22.6. The molecule has 0 saturated heterocycles. The predicted octanol–water partition coefficient (Wildman–Crippen LogP) is 27.5. The van der Waals surface area contributed by atoms with Gasteiger partial charge in [-0.1, -0.05) is 218 Å². The van der Waals surface area contributed by atoms with Gasteiger partial charge in [-0.05, 0) is 205 Å². The van der Waals surface area contributed by atoms with Crippen LogP contribution in [-0.4, -0.2) is 18.3 Å². The minimum absolute atomic E-state index is 0.900. The van der Waals surface area contributed by atoms with Gasteiger partial charge in [0.25, 0.3) is 0 Å². The van der Waals surface area contributed by atoms with Crippen molar-refractivity contribution in [2.45, 2.75) is 0 Å². The van der Waals surface area contributed by atoms with Crippen molar-refractivity contribution in [3.8, 4) is 45.0 Å². The molecule has 0 radical (unpaired) electrons. The SMILES string of the molecule is c1ccc2cc(-n3c4ccccc4c4cc(-c5ccc6c(c5)c5cc7c(cc5n6-c5ccc6ccccc6c5)oc5ccccc57)ccc43)ccc2c1.c1ccc2cc(-n3c4ccccc4c4cc(-c5ccc6c(c5)c5cc7oc8ccccc8c7cc5n6-c5ccc6ccccc6c5)ccc43)ccc2c1. The third kappa shape index (κ3) is 8.92. The lowest BCUT2D eigenvalue weighted by molar-refractivity contribution is 0.669. The molecule has 0 aliphatic heterocycles. The largest absolute Gasteiger partial charge is 0.456 e. The summed E-state index contributed by atoms with van der Waals surface area (Å²) in [6.45, 7) is 0. The van der Waals surface area contributed by atoms with Gasteiger partial charge in [0.1, 0.15) is 22.3 Å². The number of aromatic nitrogens is 4. The van der Waals surface area contributed by atoms with E-state index in [1.807, 2.05) is 12.1 Å². The summed E-state index contributed by atoms with van der Waals surface area (Å²) >= 11 is 0. The molecule has 0 spiro atoms. The summed E-state index contributed by atoms with van der Waals surface area (Å²) in [5.41, 5.74) is 22.5. The zero-order chi connectivity index (χ0) is 69.2. The van der Waals surface area contributed by atoms with Gasteiger partial charge in [-0.25, -0.2) is 0 Å². The van der Waals surface area contributed by atoms with E-state index < -0.39 is 0 Å². The molecule has 6 heterocycles. The second-order valence-corrected chi connectivity index (χ2v) is 28.4. The molecule has 0 amide bonds. The fourth-order valence-electron chi connectivity index (χ4n) is 17.5. The molecular weight excluding hydrogens is 1290 g/mol. The van der Waals surface area contributed by atoms with Crippen LogP contribution in [0.2, 0.25) is 0 Å². The van der Waals surface area contributed by atoms with Crippen LogP contribution in [0.3, 0.4) is 0 Å². The first-order chi connectivity index (χ1) is 52.5.